The highest BCUT2D eigenvalue weighted by molar-refractivity contribution is 5.42. The monoisotopic (exact) mass is 253 g/mol. The third-order valence-corrected chi connectivity index (χ3v) is 2.36. The molecule has 2 aromatic rings. The van der Waals surface area contributed by atoms with Crippen LogP contribution in [0.15, 0.2) is 30.6 Å². The maximum absolute atomic E-state index is 13.1. The largest absolute Gasteiger partial charge is 0.383 e. The van der Waals surface area contributed by atoms with E-state index >= 15 is 0 Å². The summed E-state index contributed by atoms with van der Waals surface area (Å²) in [5, 5.41) is 3.01. The number of nitrogens with zero attached hydrogens (tertiary/aromatic N) is 2. The fourth-order valence-corrected chi connectivity index (χ4v) is 1.59. The number of methoxy groups -OCH3 is 1. The van der Waals surface area contributed by atoms with Crippen LogP contribution in [0.4, 0.5) is 14.7 Å². The summed E-state index contributed by atoms with van der Waals surface area (Å²) in [5.41, 5.74) is 0.380. The Morgan fingerprint density at radius 3 is 2.67 bits per heavy atom. The van der Waals surface area contributed by atoms with E-state index in [-0.39, 0.29) is 0 Å². The van der Waals surface area contributed by atoms with Gasteiger partial charge in [-0.15, -0.1) is 0 Å². The summed E-state index contributed by atoms with van der Waals surface area (Å²) in [6.07, 6.45) is 3.18. The molecular formula is C12H13F2N3O. The molecule has 0 amide bonds. The predicted octanol–water partition coefficient (Wildman–Crippen LogP) is 2.21. The van der Waals surface area contributed by atoms with Gasteiger partial charge in [-0.05, 0) is 12.1 Å². The van der Waals surface area contributed by atoms with Crippen molar-refractivity contribution in [2.45, 2.75) is 0 Å². The van der Waals surface area contributed by atoms with E-state index in [1.807, 2.05) is 0 Å². The molecule has 1 heterocycles. The average molecular weight is 253 g/mol. The third kappa shape index (κ3) is 2.84. The molecule has 0 fully saturated rings. The van der Waals surface area contributed by atoms with Crippen LogP contribution in [0.1, 0.15) is 0 Å². The van der Waals surface area contributed by atoms with E-state index in [1.54, 1.807) is 24.1 Å². The van der Waals surface area contributed by atoms with Gasteiger partial charge in [0.25, 0.3) is 0 Å². The number of imidazole rings is 1. The van der Waals surface area contributed by atoms with Crippen LogP contribution in [0, 0.1) is 11.6 Å². The van der Waals surface area contributed by atoms with Crippen molar-refractivity contribution in [3.63, 3.8) is 0 Å². The van der Waals surface area contributed by atoms with Crippen LogP contribution in [0.25, 0.3) is 5.69 Å². The second kappa shape index (κ2) is 5.59. The molecule has 6 heteroatoms. The van der Waals surface area contributed by atoms with E-state index in [4.69, 9.17) is 4.74 Å². The minimum atomic E-state index is -0.624. The van der Waals surface area contributed by atoms with E-state index in [0.29, 0.717) is 24.8 Å². The van der Waals surface area contributed by atoms with Crippen molar-refractivity contribution in [2.75, 3.05) is 25.6 Å². The standard InChI is InChI=1S/C12H13F2N3O/c1-18-5-3-16-12-15-2-4-17(12)11-7-9(13)6-10(14)8-11/h2,4,6-8H,3,5H2,1H3,(H,15,16). The number of rotatable bonds is 5. The molecule has 0 bridgehead atoms. The molecule has 1 aromatic heterocycles. The second-order valence-corrected chi connectivity index (χ2v) is 3.67. The van der Waals surface area contributed by atoms with Crippen LogP contribution in [-0.2, 0) is 4.74 Å². The zero-order valence-electron chi connectivity index (χ0n) is 9.86. The summed E-state index contributed by atoms with van der Waals surface area (Å²) in [6, 6.07) is 3.32. The van der Waals surface area contributed by atoms with Gasteiger partial charge in [-0.3, -0.25) is 4.57 Å². The Bertz CT molecular complexity index is 508. The number of ether oxygens (including phenoxy) is 1. The Morgan fingerprint density at radius 2 is 2.00 bits per heavy atom. The van der Waals surface area contributed by atoms with Crippen LogP contribution >= 0.6 is 0 Å². The van der Waals surface area contributed by atoms with Crippen molar-refractivity contribution in [2.24, 2.45) is 0 Å². The van der Waals surface area contributed by atoms with Gasteiger partial charge in [0.2, 0.25) is 5.95 Å². The van der Waals surface area contributed by atoms with Crippen molar-refractivity contribution in [1.82, 2.24) is 9.55 Å². The molecule has 0 saturated carbocycles. The summed E-state index contributed by atoms with van der Waals surface area (Å²) in [4.78, 5) is 4.08. The minimum Gasteiger partial charge on any atom is -0.383 e. The average Bonchev–Trinajstić information content (AvgIpc) is 2.76. The number of hydrogen-bond acceptors (Lipinski definition) is 3. The van der Waals surface area contributed by atoms with Gasteiger partial charge in [-0.25, -0.2) is 13.8 Å². The highest BCUT2D eigenvalue weighted by Gasteiger charge is 2.07. The lowest BCUT2D eigenvalue weighted by atomic mass is 10.3. The van der Waals surface area contributed by atoms with Gasteiger partial charge in [0, 0.05) is 32.1 Å². The molecule has 0 saturated heterocycles. The number of benzene rings is 1. The topological polar surface area (TPSA) is 39.1 Å². The number of nitrogens with one attached hydrogen (secondary N) is 1. The first-order valence-electron chi connectivity index (χ1n) is 5.43. The van der Waals surface area contributed by atoms with Gasteiger partial charge >= 0.3 is 0 Å². The van der Waals surface area contributed by atoms with Crippen LogP contribution in [0.2, 0.25) is 0 Å². The Kier molecular flexibility index (Phi) is 3.88. The summed E-state index contributed by atoms with van der Waals surface area (Å²) >= 11 is 0. The van der Waals surface area contributed by atoms with Crippen molar-refractivity contribution in [3.8, 4) is 5.69 Å². The molecule has 0 atom stereocenters. The van der Waals surface area contributed by atoms with Crippen molar-refractivity contribution in [1.29, 1.82) is 0 Å². The fraction of sp³-hybridized carbons (Fsp3) is 0.250. The Hall–Kier alpha value is -1.95. The van der Waals surface area contributed by atoms with Gasteiger partial charge < -0.3 is 10.1 Å². The molecule has 18 heavy (non-hydrogen) atoms. The number of hydrogen-bond donors (Lipinski definition) is 1. The first kappa shape index (κ1) is 12.5. The van der Waals surface area contributed by atoms with E-state index in [1.165, 1.54) is 12.1 Å². The lowest BCUT2D eigenvalue weighted by molar-refractivity contribution is 0.210. The van der Waals surface area contributed by atoms with Crippen LogP contribution < -0.4 is 5.32 Å². The molecule has 1 N–H and O–H groups in total. The van der Waals surface area contributed by atoms with Crippen LogP contribution in [-0.4, -0.2) is 29.8 Å². The number of aromatic nitrogens is 2. The van der Waals surface area contributed by atoms with Gasteiger partial charge in [-0.2, -0.15) is 0 Å². The number of anilines is 1. The quantitative estimate of drug-likeness (QED) is 0.830. The Balaban J connectivity index is 2.24. The SMILES string of the molecule is COCCNc1nccn1-c1cc(F)cc(F)c1. The van der Waals surface area contributed by atoms with Crippen molar-refractivity contribution >= 4 is 5.95 Å². The zero-order valence-corrected chi connectivity index (χ0v) is 9.86. The highest BCUT2D eigenvalue weighted by atomic mass is 19.1. The summed E-state index contributed by atoms with van der Waals surface area (Å²) < 4.78 is 32.8. The summed E-state index contributed by atoms with van der Waals surface area (Å²) in [7, 11) is 1.59. The first-order valence-corrected chi connectivity index (χ1v) is 5.43. The molecular weight excluding hydrogens is 240 g/mol. The molecule has 0 spiro atoms. The zero-order chi connectivity index (χ0) is 13.0. The lowest BCUT2D eigenvalue weighted by Crippen LogP contribution is -2.11. The fourth-order valence-electron chi connectivity index (χ4n) is 1.59. The smallest absolute Gasteiger partial charge is 0.207 e. The Labute approximate surface area is 103 Å². The van der Waals surface area contributed by atoms with Crippen molar-refractivity contribution in [3.05, 3.63) is 42.2 Å². The van der Waals surface area contributed by atoms with Crippen LogP contribution in [0.5, 0.6) is 0 Å². The van der Waals surface area contributed by atoms with Gasteiger partial charge in [0.15, 0.2) is 0 Å². The molecule has 0 aliphatic heterocycles. The lowest BCUT2D eigenvalue weighted by Gasteiger charge is -2.09. The summed E-state index contributed by atoms with van der Waals surface area (Å²) in [6.45, 7) is 1.08. The molecule has 96 valence electrons. The normalized spacial score (nSPS) is 10.6. The van der Waals surface area contributed by atoms with E-state index in [0.717, 1.165) is 6.07 Å². The van der Waals surface area contributed by atoms with E-state index in [9.17, 15) is 8.78 Å². The predicted molar refractivity (Wildman–Crippen MR) is 63.8 cm³/mol. The molecule has 1 aromatic carbocycles. The molecule has 0 aliphatic carbocycles. The van der Waals surface area contributed by atoms with Gasteiger partial charge in [-0.1, -0.05) is 0 Å². The molecule has 0 aliphatic rings. The third-order valence-electron chi connectivity index (χ3n) is 2.36. The number of halogens is 2. The van der Waals surface area contributed by atoms with Crippen LogP contribution in [0.3, 0.4) is 0 Å². The first-order chi connectivity index (χ1) is 8.70. The van der Waals surface area contributed by atoms with E-state index in [2.05, 4.69) is 10.3 Å². The summed E-state index contributed by atoms with van der Waals surface area (Å²) in [5.74, 6) is -0.736. The molecule has 0 radical (unpaired) electrons. The second-order valence-electron chi connectivity index (χ2n) is 3.67. The maximum Gasteiger partial charge on any atom is 0.207 e. The maximum atomic E-state index is 13.1. The van der Waals surface area contributed by atoms with E-state index < -0.39 is 11.6 Å². The molecule has 0 unspecified atom stereocenters. The van der Waals surface area contributed by atoms with Crippen molar-refractivity contribution < 1.29 is 13.5 Å². The molecule has 2 rings (SSSR count). The minimum absolute atomic E-state index is 0.380. The Morgan fingerprint density at radius 1 is 1.28 bits per heavy atom. The van der Waals surface area contributed by atoms with Gasteiger partial charge in [0.05, 0.1) is 12.3 Å². The molecule has 4 nitrogen and oxygen atoms in total. The highest BCUT2D eigenvalue weighted by Crippen LogP contribution is 2.17. The van der Waals surface area contributed by atoms with Gasteiger partial charge in [0.1, 0.15) is 11.6 Å².